The van der Waals surface area contributed by atoms with Crippen molar-refractivity contribution < 1.29 is 9.59 Å². The Bertz CT molecular complexity index is 528. The second-order valence-electron chi connectivity index (χ2n) is 4.73. The van der Waals surface area contributed by atoms with Crippen LogP contribution in [0.4, 0.5) is 11.4 Å². The van der Waals surface area contributed by atoms with Gasteiger partial charge in [0.1, 0.15) is 5.54 Å². The molecule has 0 atom stereocenters. The first-order chi connectivity index (χ1) is 8.32. The fraction of sp³-hybridized carbons (Fsp3) is 0.333. The lowest BCUT2D eigenvalue weighted by Crippen LogP contribution is -2.64. The molecule has 0 spiro atoms. The van der Waals surface area contributed by atoms with Gasteiger partial charge in [0.15, 0.2) is 0 Å². The molecule has 1 saturated heterocycles. The predicted molar refractivity (Wildman–Crippen MR) is 73.1 cm³/mol. The van der Waals surface area contributed by atoms with Crippen LogP contribution in [0.3, 0.4) is 0 Å². The third kappa shape index (κ3) is 2.08. The summed E-state index contributed by atoms with van der Waals surface area (Å²) >= 11 is 3.41. The summed E-state index contributed by atoms with van der Waals surface area (Å²) in [6.07, 6.45) is 0. The number of anilines is 2. The van der Waals surface area contributed by atoms with Gasteiger partial charge in [0.2, 0.25) is 5.91 Å². The van der Waals surface area contributed by atoms with E-state index >= 15 is 0 Å². The average Bonchev–Trinajstić information content (AvgIpc) is 2.24. The van der Waals surface area contributed by atoms with Gasteiger partial charge in [0.25, 0.3) is 5.91 Å². The van der Waals surface area contributed by atoms with Gasteiger partial charge in [-0.15, -0.1) is 0 Å². The minimum absolute atomic E-state index is 0.140. The van der Waals surface area contributed by atoms with Crippen molar-refractivity contribution in [2.45, 2.75) is 19.4 Å². The standard InChI is InChI=1S/C12H14BrN3O2/c1-12(2)11(18)15-10(17)6-16(12)9-4-3-7(14)5-8(9)13/h3-5H,6,14H2,1-2H3,(H,15,17,18). The van der Waals surface area contributed by atoms with Crippen molar-refractivity contribution >= 4 is 39.1 Å². The summed E-state index contributed by atoms with van der Waals surface area (Å²) in [7, 11) is 0. The van der Waals surface area contributed by atoms with Crippen LogP contribution in [0.25, 0.3) is 0 Å². The molecular formula is C12H14BrN3O2. The lowest BCUT2D eigenvalue weighted by molar-refractivity contribution is -0.135. The minimum atomic E-state index is -0.785. The molecule has 5 nitrogen and oxygen atoms in total. The first-order valence-corrected chi connectivity index (χ1v) is 6.28. The number of nitrogens with one attached hydrogen (secondary N) is 1. The van der Waals surface area contributed by atoms with E-state index in [1.54, 1.807) is 36.9 Å². The summed E-state index contributed by atoms with van der Waals surface area (Å²) in [5.41, 5.74) is 6.30. The van der Waals surface area contributed by atoms with Crippen LogP contribution in [0.2, 0.25) is 0 Å². The van der Waals surface area contributed by atoms with Crippen LogP contribution in [0.1, 0.15) is 13.8 Å². The molecule has 0 aliphatic carbocycles. The van der Waals surface area contributed by atoms with Crippen molar-refractivity contribution in [1.82, 2.24) is 5.32 Å². The average molecular weight is 312 g/mol. The zero-order valence-corrected chi connectivity index (χ0v) is 11.7. The number of nitrogen functional groups attached to an aromatic ring is 1. The molecule has 1 heterocycles. The molecule has 1 aliphatic rings. The Kier molecular flexibility index (Phi) is 3.06. The monoisotopic (exact) mass is 311 g/mol. The van der Waals surface area contributed by atoms with E-state index in [4.69, 9.17) is 5.73 Å². The van der Waals surface area contributed by atoms with E-state index in [0.29, 0.717) is 5.69 Å². The maximum Gasteiger partial charge on any atom is 0.251 e. The molecule has 1 aromatic carbocycles. The van der Waals surface area contributed by atoms with Crippen LogP contribution in [-0.4, -0.2) is 23.9 Å². The summed E-state index contributed by atoms with van der Waals surface area (Å²) in [6, 6.07) is 5.29. The number of imide groups is 1. The van der Waals surface area contributed by atoms with Crippen molar-refractivity contribution in [3.8, 4) is 0 Å². The number of benzene rings is 1. The number of hydrogen-bond donors (Lipinski definition) is 2. The van der Waals surface area contributed by atoms with Crippen molar-refractivity contribution in [2.75, 3.05) is 17.2 Å². The van der Waals surface area contributed by atoms with Crippen molar-refractivity contribution in [1.29, 1.82) is 0 Å². The summed E-state index contributed by atoms with van der Waals surface area (Å²) in [5, 5.41) is 2.34. The molecule has 18 heavy (non-hydrogen) atoms. The fourth-order valence-electron chi connectivity index (χ4n) is 1.91. The summed E-state index contributed by atoms with van der Waals surface area (Å²) in [6.45, 7) is 3.69. The molecule has 96 valence electrons. The Morgan fingerprint density at radius 1 is 1.39 bits per heavy atom. The molecule has 3 N–H and O–H groups in total. The van der Waals surface area contributed by atoms with Gasteiger partial charge in [0, 0.05) is 10.2 Å². The summed E-state index contributed by atoms with van der Waals surface area (Å²) in [5.74, 6) is -0.606. The quantitative estimate of drug-likeness (QED) is 0.605. The minimum Gasteiger partial charge on any atom is -0.399 e. The number of halogens is 1. The largest absolute Gasteiger partial charge is 0.399 e. The molecule has 1 aliphatic heterocycles. The zero-order valence-electron chi connectivity index (χ0n) is 10.2. The van der Waals surface area contributed by atoms with Gasteiger partial charge in [-0.3, -0.25) is 14.9 Å². The van der Waals surface area contributed by atoms with Crippen LogP contribution in [0, 0.1) is 0 Å². The van der Waals surface area contributed by atoms with E-state index in [9.17, 15) is 9.59 Å². The Morgan fingerprint density at radius 3 is 2.67 bits per heavy atom. The molecular weight excluding hydrogens is 298 g/mol. The first-order valence-electron chi connectivity index (χ1n) is 5.49. The Hall–Kier alpha value is -1.56. The van der Waals surface area contributed by atoms with Crippen molar-refractivity contribution in [2.24, 2.45) is 0 Å². The molecule has 1 fully saturated rings. The van der Waals surface area contributed by atoms with E-state index in [2.05, 4.69) is 21.2 Å². The van der Waals surface area contributed by atoms with Gasteiger partial charge in [-0.25, -0.2) is 0 Å². The third-order valence-electron chi connectivity index (χ3n) is 3.05. The van der Waals surface area contributed by atoms with E-state index in [1.165, 1.54) is 0 Å². The second kappa shape index (κ2) is 4.28. The Labute approximate surface area is 113 Å². The van der Waals surface area contributed by atoms with Crippen LogP contribution in [0.5, 0.6) is 0 Å². The van der Waals surface area contributed by atoms with Gasteiger partial charge in [-0.05, 0) is 48.0 Å². The zero-order chi connectivity index (χ0) is 13.5. The van der Waals surface area contributed by atoms with E-state index in [1.807, 2.05) is 0 Å². The SMILES string of the molecule is CC1(C)C(=O)NC(=O)CN1c1ccc(N)cc1Br. The van der Waals surface area contributed by atoms with Gasteiger partial charge in [-0.2, -0.15) is 0 Å². The second-order valence-corrected chi connectivity index (χ2v) is 5.59. The lowest BCUT2D eigenvalue weighted by Gasteiger charge is -2.42. The van der Waals surface area contributed by atoms with Crippen LogP contribution in [0.15, 0.2) is 22.7 Å². The van der Waals surface area contributed by atoms with E-state index < -0.39 is 5.54 Å². The normalized spacial score (nSPS) is 18.7. The predicted octanol–water partition coefficient (Wildman–Crippen LogP) is 1.27. The van der Waals surface area contributed by atoms with Crippen LogP contribution >= 0.6 is 15.9 Å². The molecule has 6 heteroatoms. The highest BCUT2D eigenvalue weighted by Gasteiger charge is 2.41. The lowest BCUT2D eigenvalue weighted by atomic mass is 9.97. The molecule has 0 aromatic heterocycles. The number of amides is 2. The number of nitrogens with zero attached hydrogens (tertiary/aromatic N) is 1. The third-order valence-corrected chi connectivity index (χ3v) is 3.68. The smallest absolute Gasteiger partial charge is 0.251 e. The number of carbonyl (C=O) groups is 2. The number of piperazine rings is 1. The molecule has 0 unspecified atom stereocenters. The highest BCUT2D eigenvalue weighted by molar-refractivity contribution is 9.10. The van der Waals surface area contributed by atoms with Gasteiger partial charge < -0.3 is 10.6 Å². The first kappa shape index (κ1) is 12.9. The molecule has 0 saturated carbocycles. The molecule has 2 rings (SSSR count). The Morgan fingerprint density at radius 2 is 2.06 bits per heavy atom. The molecule has 2 amide bonds. The number of carbonyl (C=O) groups excluding carboxylic acids is 2. The van der Waals surface area contributed by atoms with Gasteiger partial charge in [0.05, 0.1) is 12.2 Å². The summed E-state index contributed by atoms with van der Waals surface area (Å²) < 4.78 is 0.762. The number of rotatable bonds is 1. The van der Waals surface area contributed by atoms with E-state index in [0.717, 1.165) is 10.2 Å². The highest BCUT2D eigenvalue weighted by Crippen LogP contribution is 2.33. The van der Waals surface area contributed by atoms with Crippen LogP contribution < -0.4 is 16.0 Å². The number of nitrogens with two attached hydrogens (primary N) is 1. The number of hydrogen-bond acceptors (Lipinski definition) is 4. The highest BCUT2D eigenvalue weighted by atomic mass is 79.9. The van der Waals surface area contributed by atoms with Crippen LogP contribution in [-0.2, 0) is 9.59 Å². The maximum atomic E-state index is 11.9. The topological polar surface area (TPSA) is 75.4 Å². The summed E-state index contributed by atoms with van der Waals surface area (Å²) in [4.78, 5) is 25.1. The molecule has 1 aromatic rings. The van der Waals surface area contributed by atoms with Crippen molar-refractivity contribution in [3.05, 3.63) is 22.7 Å². The van der Waals surface area contributed by atoms with E-state index in [-0.39, 0.29) is 18.4 Å². The molecule has 0 radical (unpaired) electrons. The van der Waals surface area contributed by atoms with Gasteiger partial charge in [-0.1, -0.05) is 0 Å². The van der Waals surface area contributed by atoms with Crippen molar-refractivity contribution in [3.63, 3.8) is 0 Å². The maximum absolute atomic E-state index is 11.9. The Balaban J connectivity index is 2.47. The van der Waals surface area contributed by atoms with Gasteiger partial charge >= 0.3 is 0 Å². The molecule has 0 bridgehead atoms. The fourth-order valence-corrected chi connectivity index (χ4v) is 2.52.